The molecule has 0 aliphatic heterocycles. The number of benzene rings is 1. The second-order valence-electron chi connectivity index (χ2n) is 5.07. The molecule has 1 aromatic carbocycles. The van der Waals surface area contributed by atoms with Crippen molar-refractivity contribution in [1.29, 1.82) is 0 Å². The molecule has 0 saturated carbocycles. The van der Waals surface area contributed by atoms with Crippen LogP contribution < -0.4 is 5.32 Å². The summed E-state index contributed by atoms with van der Waals surface area (Å²) in [5.41, 5.74) is 2.50. The number of pyridine rings is 1. The lowest BCUT2D eigenvalue weighted by atomic mass is 10.0. The minimum atomic E-state index is 0.606. The summed E-state index contributed by atoms with van der Waals surface area (Å²) in [6, 6.07) is 14.9. The fourth-order valence-electron chi connectivity index (χ4n) is 1.91. The van der Waals surface area contributed by atoms with Crippen molar-refractivity contribution in [3.05, 3.63) is 59.9 Å². The third-order valence-corrected chi connectivity index (χ3v) is 4.14. The molecule has 0 aliphatic carbocycles. The number of hydrogen-bond acceptors (Lipinski definition) is 3. The zero-order valence-corrected chi connectivity index (χ0v) is 13.0. The maximum absolute atomic E-state index is 4.29. The summed E-state index contributed by atoms with van der Waals surface area (Å²) >= 11 is 1.89. The summed E-state index contributed by atoms with van der Waals surface area (Å²) in [5.74, 6) is 1.68. The number of thioether (sulfide) groups is 1. The van der Waals surface area contributed by atoms with Crippen LogP contribution in [0.4, 0.5) is 0 Å². The first-order valence-corrected chi connectivity index (χ1v) is 8.07. The molecule has 0 fully saturated rings. The highest BCUT2D eigenvalue weighted by atomic mass is 32.2. The molecule has 2 aromatic rings. The molecule has 2 nitrogen and oxygen atoms in total. The molecular weight excluding hydrogens is 264 g/mol. The van der Waals surface area contributed by atoms with Gasteiger partial charge >= 0.3 is 0 Å². The van der Waals surface area contributed by atoms with E-state index in [9.17, 15) is 0 Å². The van der Waals surface area contributed by atoms with Crippen molar-refractivity contribution >= 4 is 11.8 Å². The van der Waals surface area contributed by atoms with Gasteiger partial charge in [0, 0.05) is 29.9 Å². The summed E-state index contributed by atoms with van der Waals surface area (Å²) in [6.07, 6.45) is 1.84. The number of nitrogens with zero attached hydrogens (tertiary/aromatic N) is 1. The Kier molecular flexibility index (Phi) is 6.09. The molecule has 0 spiro atoms. The lowest BCUT2D eigenvalue weighted by Gasteiger charge is -2.07. The zero-order valence-electron chi connectivity index (χ0n) is 12.2. The van der Waals surface area contributed by atoms with Crippen LogP contribution in [0, 0.1) is 0 Å². The van der Waals surface area contributed by atoms with Crippen LogP contribution >= 0.6 is 11.8 Å². The maximum atomic E-state index is 4.29. The van der Waals surface area contributed by atoms with Gasteiger partial charge in [0.2, 0.25) is 0 Å². The average Bonchev–Trinajstić information content (AvgIpc) is 2.48. The predicted molar refractivity (Wildman–Crippen MR) is 87.2 cm³/mol. The Morgan fingerprint density at radius 1 is 1.10 bits per heavy atom. The van der Waals surface area contributed by atoms with Crippen LogP contribution in [0.3, 0.4) is 0 Å². The third-order valence-electron chi connectivity index (χ3n) is 3.13. The molecule has 106 valence electrons. The van der Waals surface area contributed by atoms with E-state index < -0.39 is 0 Å². The first-order valence-electron chi connectivity index (χ1n) is 7.09. The van der Waals surface area contributed by atoms with Crippen molar-refractivity contribution in [2.45, 2.75) is 31.2 Å². The summed E-state index contributed by atoms with van der Waals surface area (Å²) in [4.78, 5) is 5.63. The largest absolute Gasteiger partial charge is 0.310 e. The molecule has 0 atom stereocenters. The normalized spacial score (nSPS) is 10.9. The average molecular weight is 286 g/mol. The summed E-state index contributed by atoms with van der Waals surface area (Å²) in [5, 5.41) is 3.42. The molecule has 0 radical (unpaired) electrons. The standard InChI is InChI=1S/C17H22N2S/c1-14(2)15-6-8-17(9-7-15)20-12-11-18-13-16-5-3-4-10-19-16/h3-10,14,18H,11-13H2,1-2H3. The van der Waals surface area contributed by atoms with Crippen LogP contribution in [0.25, 0.3) is 0 Å². The van der Waals surface area contributed by atoms with E-state index in [1.54, 1.807) is 0 Å². The molecule has 3 heteroatoms. The van der Waals surface area contributed by atoms with Crippen LogP contribution in [0.15, 0.2) is 53.6 Å². The molecule has 1 N–H and O–H groups in total. The lowest BCUT2D eigenvalue weighted by Crippen LogP contribution is -2.17. The summed E-state index contributed by atoms with van der Waals surface area (Å²) < 4.78 is 0. The maximum Gasteiger partial charge on any atom is 0.0541 e. The van der Waals surface area contributed by atoms with Gasteiger partial charge in [0.15, 0.2) is 0 Å². The molecule has 0 amide bonds. The fourth-order valence-corrected chi connectivity index (χ4v) is 2.72. The van der Waals surface area contributed by atoms with Gasteiger partial charge in [0.05, 0.1) is 5.69 Å². The Balaban J connectivity index is 1.66. The van der Waals surface area contributed by atoms with Gasteiger partial charge in [-0.15, -0.1) is 11.8 Å². The SMILES string of the molecule is CC(C)c1ccc(SCCNCc2ccccn2)cc1. The minimum Gasteiger partial charge on any atom is -0.310 e. The molecule has 1 heterocycles. The molecular formula is C17H22N2S. The van der Waals surface area contributed by atoms with Gasteiger partial charge in [-0.05, 0) is 35.7 Å². The highest BCUT2D eigenvalue weighted by Crippen LogP contribution is 2.21. The molecule has 0 aliphatic rings. The Hall–Kier alpha value is -1.32. The smallest absolute Gasteiger partial charge is 0.0541 e. The molecule has 0 bridgehead atoms. The fraction of sp³-hybridized carbons (Fsp3) is 0.353. The van der Waals surface area contributed by atoms with Gasteiger partial charge in [0.1, 0.15) is 0 Å². The molecule has 0 saturated heterocycles. The van der Waals surface area contributed by atoms with Crippen LogP contribution in [-0.4, -0.2) is 17.3 Å². The molecule has 1 aromatic heterocycles. The van der Waals surface area contributed by atoms with Crippen molar-refractivity contribution in [2.75, 3.05) is 12.3 Å². The molecule has 2 rings (SSSR count). The van der Waals surface area contributed by atoms with Crippen LogP contribution in [0.5, 0.6) is 0 Å². The van der Waals surface area contributed by atoms with Crippen LogP contribution in [0.2, 0.25) is 0 Å². The van der Waals surface area contributed by atoms with E-state index >= 15 is 0 Å². The van der Waals surface area contributed by atoms with Gasteiger partial charge in [-0.1, -0.05) is 32.0 Å². The van der Waals surface area contributed by atoms with Crippen molar-refractivity contribution in [3.63, 3.8) is 0 Å². The highest BCUT2D eigenvalue weighted by Gasteiger charge is 1.99. The first kappa shape index (κ1) is 15.1. The van der Waals surface area contributed by atoms with E-state index in [0.29, 0.717) is 5.92 Å². The van der Waals surface area contributed by atoms with Crippen molar-refractivity contribution in [2.24, 2.45) is 0 Å². The Morgan fingerprint density at radius 2 is 1.90 bits per heavy atom. The monoisotopic (exact) mass is 286 g/mol. The van der Waals surface area contributed by atoms with E-state index in [-0.39, 0.29) is 0 Å². The Labute approximate surface area is 126 Å². The van der Waals surface area contributed by atoms with Crippen molar-refractivity contribution < 1.29 is 0 Å². The topological polar surface area (TPSA) is 24.9 Å². The zero-order chi connectivity index (χ0) is 14.2. The van der Waals surface area contributed by atoms with E-state index in [2.05, 4.69) is 48.4 Å². The van der Waals surface area contributed by atoms with Crippen molar-refractivity contribution in [3.8, 4) is 0 Å². The van der Waals surface area contributed by atoms with Crippen molar-refractivity contribution in [1.82, 2.24) is 10.3 Å². The lowest BCUT2D eigenvalue weighted by molar-refractivity contribution is 0.715. The van der Waals surface area contributed by atoms with E-state index in [1.165, 1.54) is 10.5 Å². The Bertz CT molecular complexity index is 494. The van der Waals surface area contributed by atoms with Gasteiger partial charge < -0.3 is 5.32 Å². The molecule has 0 unspecified atom stereocenters. The second kappa shape index (κ2) is 8.08. The quantitative estimate of drug-likeness (QED) is 0.613. The number of nitrogens with one attached hydrogen (secondary N) is 1. The van der Waals surface area contributed by atoms with Gasteiger partial charge in [-0.2, -0.15) is 0 Å². The summed E-state index contributed by atoms with van der Waals surface area (Å²) in [6.45, 7) is 6.29. The summed E-state index contributed by atoms with van der Waals surface area (Å²) in [7, 11) is 0. The van der Waals surface area contributed by atoms with Gasteiger partial charge in [-0.3, -0.25) is 4.98 Å². The third kappa shape index (κ3) is 4.99. The predicted octanol–water partition coefficient (Wildman–Crippen LogP) is 4.09. The molecule has 20 heavy (non-hydrogen) atoms. The van der Waals surface area contributed by atoms with Crippen LogP contribution in [-0.2, 0) is 6.54 Å². The Morgan fingerprint density at radius 3 is 2.55 bits per heavy atom. The minimum absolute atomic E-state index is 0.606. The van der Waals surface area contributed by atoms with Gasteiger partial charge in [-0.25, -0.2) is 0 Å². The van der Waals surface area contributed by atoms with Crippen LogP contribution in [0.1, 0.15) is 31.0 Å². The second-order valence-corrected chi connectivity index (χ2v) is 6.24. The van der Waals surface area contributed by atoms with E-state index in [4.69, 9.17) is 0 Å². The number of hydrogen-bond donors (Lipinski definition) is 1. The van der Waals surface area contributed by atoms with Gasteiger partial charge in [0.25, 0.3) is 0 Å². The van der Waals surface area contributed by atoms with E-state index in [1.807, 2.05) is 36.2 Å². The first-order chi connectivity index (χ1) is 9.75. The highest BCUT2D eigenvalue weighted by molar-refractivity contribution is 7.99. The number of rotatable bonds is 7. The van der Waals surface area contributed by atoms with E-state index in [0.717, 1.165) is 24.5 Å². The number of aromatic nitrogens is 1.